The molecule has 1 N–H and O–H groups in total. The average Bonchev–Trinajstić information content (AvgIpc) is 2.92. The van der Waals surface area contributed by atoms with E-state index in [4.69, 9.17) is 14.0 Å². The molecular weight excluding hydrogens is 377 g/mol. The molecule has 0 saturated carbocycles. The molecule has 2 aromatic rings. The van der Waals surface area contributed by atoms with E-state index in [1.807, 2.05) is 76.2 Å². The number of likely N-dealkylation sites (N-methyl/N-ethyl adjacent to an activating group) is 1. The summed E-state index contributed by atoms with van der Waals surface area (Å²) in [5.41, 5.74) is 2.15. The van der Waals surface area contributed by atoms with Gasteiger partial charge < -0.3 is 19.4 Å². The molecule has 1 heterocycles. The number of hydrogen-bond donors (Lipinski definition) is 1. The van der Waals surface area contributed by atoms with Crippen LogP contribution in [-0.4, -0.2) is 37.2 Å². The first-order valence-corrected chi connectivity index (χ1v) is 10.5. The van der Waals surface area contributed by atoms with Gasteiger partial charge in [0.1, 0.15) is 18.1 Å². The highest BCUT2D eigenvalue weighted by atomic mass is 16.7. The Bertz CT molecular complexity index is 866. The van der Waals surface area contributed by atoms with Crippen molar-refractivity contribution in [3.63, 3.8) is 0 Å². The van der Waals surface area contributed by atoms with Gasteiger partial charge in [0.25, 0.3) is 0 Å². The Hall–Kier alpha value is -2.15. The van der Waals surface area contributed by atoms with Crippen molar-refractivity contribution in [2.75, 3.05) is 7.05 Å². The van der Waals surface area contributed by atoms with Gasteiger partial charge in [-0.3, -0.25) is 4.79 Å². The van der Waals surface area contributed by atoms with Gasteiger partial charge in [0.05, 0.1) is 17.2 Å². The number of carbonyl (C=O) groups is 1. The van der Waals surface area contributed by atoms with Gasteiger partial charge in [-0.15, -0.1) is 0 Å². The van der Waals surface area contributed by atoms with E-state index in [9.17, 15) is 4.79 Å². The molecule has 0 amide bonds. The highest BCUT2D eigenvalue weighted by molar-refractivity contribution is 6.62. The summed E-state index contributed by atoms with van der Waals surface area (Å²) in [6.07, 6.45) is 0.531. The Labute approximate surface area is 180 Å². The van der Waals surface area contributed by atoms with E-state index < -0.39 is 18.3 Å². The third-order valence-electron chi connectivity index (χ3n) is 6.11. The Morgan fingerprint density at radius 2 is 1.70 bits per heavy atom. The fourth-order valence-electron chi connectivity index (χ4n) is 3.43. The highest BCUT2D eigenvalue weighted by Crippen LogP contribution is 2.36. The van der Waals surface area contributed by atoms with Crippen LogP contribution < -0.4 is 15.5 Å². The minimum absolute atomic E-state index is 0.0903. The zero-order valence-electron chi connectivity index (χ0n) is 18.8. The summed E-state index contributed by atoms with van der Waals surface area (Å²) >= 11 is 0. The summed E-state index contributed by atoms with van der Waals surface area (Å²) < 4.78 is 18.5. The molecular formula is C24H32BNO4. The second-order valence-electron chi connectivity index (χ2n) is 8.89. The van der Waals surface area contributed by atoms with Crippen LogP contribution in [0.3, 0.4) is 0 Å². The lowest BCUT2D eigenvalue weighted by molar-refractivity contribution is -0.118. The van der Waals surface area contributed by atoms with Crippen LogP contribution in [0.4, 0.5) is 0 Å². The second-order valence-corrected chi connectivity index (χ2v) is 8.89. The van der Waals surface area contributed by atoms with E-state index in [2.05, 4.69) is 5.32 Å². The molecule has 160 valence electrons. The van der Waals surface area contributed by atoms with E-state index >= 15 is 0 Å². The summed E-state index contributed by atoms with van der Waals surface area (Å²) in [5.74, 6) is 0.855. The number of benzene rings is 2. The van der Waals surface area contributed by atoms with Crippen LogP contribution in [0, 0.1) is 0 Å². The maximum absolute atomic E-state index is 12.0. The van der Waals surface area contributed by atoms with Gasteiger partial charge in [0, 0.05) is 0 Å². The lowest BCUT2D eigenvalue weighted by Gasteiger charge is -2.32. The lowest BCUT2D eigenvalue weighted by atomic mass is 9.77. The first-order chi connectivity index (χ1) is 14.1. The summed E-state index contributed by atoms with van der Waals surface area (Å²) in [5, 5.41) is 3.10. The summed E-state index contributed by atoms with van der Waals surface area (Å²) in [6.45, 7) is 10.2. The van der Waals surface area contributed by atoms with E-state index in [-0.39, 0.29) is 11.8 Å². The number of Topliss-reactive ketones (excluding diaryl/α,β-unsaturated/α-hetero) is 1. The maximum Gasteiger partial charge on any atom is 0.494 e. The number of carbonyl (C=O) groups excluding carboxylic acids is 1. The predicted molar refractivity (Wildman–Crippen MR) is 120 cm³/mol. The van der Waals surface area contributed by atoms with Crippen LogP contribution >= 0.6 is 0 Å². The monoisotopic (exact) mass is 409 g/mol. The van der Waals surface area contributed by atoms with E-state index in [1.165, 1.54) is 0 Å². The minimum Gasteiger partial charge on any atom is -0.489 e. The SMILES string of the molecule is CN[C@@H](Cc1cc(B2OC(C)(C)C(C)(C)O2)ccc1OCc1ccccc1)C(C)=O. The molecule has 1 fully saturated rings. The molecule has 0 spiro atoms. The van der Waals surface area contributed by atoms with E-state index in [1.54, 1.807) is 14.0 Å². The largest absolute Gasteiger partial charge is 0.494 e. The average molecular weight is 409 g/mol. The van der Waals surface area contributed by atoms with Crippen molar-refractivity contribution >= 4 is 18.4 Å². The standard InChI is InChI=1S/C24H32BNO4/c1-17(27)21(26-6)15-19-14-20(25-29-23(2,3)24(4,5)30-25)12-13-22(19)28-16-18-10-8-7-9-11-18/h7-14,21,26H,15-16H2,1-6H3/t21-/m0/s1. The number of rotatable bonds is 8. The zero-order valence-corrected chi connectivity index (χ0v) is 18.8. The van der Waals surface area contributed by atoms with Gasteiger partial charge in [0.2, 0.25) is 0 Å². The number of ether oxygens (including phenoxy) is 1. The van der Waals surface area contributed by atoms with Crippen LogP contribution in [0.1, 0.15) is 45.7 Å². The van der Waals surface area contributed by atoms with Gasteiger partial charge >= 0.3 is 7.12 Å². The summed E-state index contributed by atoms with van der Waals surface area (Å²) in [4.78, 5) is 12.0. The lowest BCUT2D eigenvalue weighted by Crippen LogP contribution is -2.41. The van der Waals surface area contributed by atoms with Crippen molar-refractivity contribution < 1.29 is 18.8 Å². The topological polar surface area (TPSA) is 56.8 Å². The molecule has 0 radical (unpaired) electrons. The molecule has 1 saturated heterocycles. The molecule has 30 heavy (non-hydrogen) atoms. The van der Waals surface area contributed by atoms with Gasteiger partial charge in [-0.1, -0.05) is 42.5 Å². The molecule has 0 bridgehead atoms. The van der Waals surface area contributed by atoms with Gasteiger partial charge in [-0.2, -0.15) is 0 Å². The van der Waals surface area contributed by atoms with Crippen molar-refractivity contribution in [2.45, 2.75) is 64.9 Å². The van der Waals surface area contributed by atoms with Gasteiger partial charge in [0.15, 0.2) is 0 Å². The van der Waals surface area contributed by atoms with Crippen LogP contribution in [0.25, 0.3) is 0 Å². The molecule has 0 unspecified atom stereocenters. The third kappa shape index (κ3) is 4.94. The highest BCUT2D eigenvalue weighted by Gasteiger charge is 2.51. The molecule has 3 rings (SSSR count). The van der Waals surface area contributed by atoms with Crippen LogP contribution in [0.5, 0.6) is 5.75 Å². The van der Waals surface area contributed by atoms with E-state index in [0.29, 0.717) is 13.0 Å². The smallest absolute Gasteiger partial charge is 0.489 e. The number of hydrogen-bond acceptors (Lipinski definition) is 5. The van der Waals surface area contributed by atoms with Crippen molar-refractivity contribution in [2.24, 2.45) is 0 Å². The fraction of sp³-hybridized carbons (Fsp3) is 0.458. The second kappa shape index (κ2) is 8.92. The quantitative estimate of drug-likeness (QED) is 0.679. The van der Waals surface area contributed by atoms with Gasteiger partial charge in [-0.05, 0) is 70.7 Å². The van der Waals surface area contributed by atoms with Crippen molar-refractivity contribution in [1.29, 1.82) is 0 Å². The molecule has 1 atom stereocenters. The zero-order chi connectivity index (χ0) is 21.9. The molecule has 2 aromatic carbocycles. The molecule has 5 nitrogen and oxygen atoms in total. The predicted octanol–water partition coefficient (Wildman–Crippen LogP) is 3.28. The third-order valence-corrected chi connectivity index (χ3v) is 6.11. The summed E-state index contributed by atoms with van der Waals surface area (Å²) in [6, 6.07) is 15.7. The number of nitrogens with one attached hydrogen (secondary N) is 1. The van der Waals surface area contributed by atoms with Crippen LogP contribution in [0.15, 0.2) is 48.5 Å². The Kier molecular flexibility index (Phi) is 6.70. The molecule has 0 aliphatic carbocycles. The van der Waals surface area contributed by atoms with Crippen molar-refractivity contribution in [1.82, 2.24) is 5.32 Å². The normalized spacial score (nSPS) is 18.3. The number of ketones is 1. The van der Waals surface area contributed by atoms with Crippen LogP contribution in [0.2, 0.25) is 0 Å². The molecule has 6 heteroatoms. The Morgan fingerprint density at radius 1 is 1.07 bits per heavy atom. The first kappa shape index (κ1) is 22.5. The maximum atomic E-state index is 12.0. The summed E-state index contributed by atoms with van der Waals surface area (Å²) in [7, 11) is 1.34. The molecule has 1 aliphatic rings. The van der Waals surface area contributed by atoms with Crippen molar-refractivity contribution in [3.8, 4) is 5.75 Å². The Morgan fingerprint density at radius 3 is 2.27 bits per heavy atom. The first-order valence-electron chi connectivity index (χ1n) is 10.5. The molecule has 0 aromatic heterocycles. The fourth-order valence-corrected chi connectivity index (χ4v) is 3.43. The molecule has 1 aliphatic heterocycles. The van der Waals surface area contributed by atoms with Crippen molar-refractivity contribution in [3.05, 3.63) is 59.7 Å². The van der Waals surface area contributed by atoms with Crippen LogP contribution in [-0.2, 0) is 27.1 Å². The van der Waals surface area contributed by atoms with E-state index in [0.717, 1.165) is 22.3 Å². The Balaban J connectivity index is 1.88. The minimum atomic E-state index is -0.456. The van der Waals surface area contributed by atoms with Gasteiger partial charge in [-0.25, -0.2) is 0 Å².